The van der Waals surface area contributed by atoms with E-state index in [-0.39, 0.29) is 0 Å². The minimum absolute atomic E-state index is 0.585. The van der Waals surface area contributed by atoms with E-state index in [1.54, 1.807) is 0 Å². The smallest absolute Gasteiger partial charge is 0.191 e. The highest BCUT2D eigenvalue weighted by molar-refractivity contribution is 5.78. The van der Waals surface area contributed by atoms with Crippen LogP contribution in [0.1, 0.15) is 26.7 Å². The van der Waals surface area contributed by atoms with Crippen LogP contribution < -0.4 is 5.73 Å². The molecule has 0 saturated carbocycles. The number of hydrogen-bond donors (Lipinski definition) is 1. The lowest BCUT2D eigenvalue weighted by Gasteiger charge is -2.29. The van der Waals surface area contributed by atoms with Crippen molar-refractivity contribution >= 4 is 5.96 Å². The van der Waals surface area contributed by atoms with E-state index >= 15 is 0 Å². The van der Waals surface area contributed by atoms with Crippen LogP contribution in [0.4, 0.5) is 0 Å². The lowest BCUT2D eigenvalue weighted by Crippen LogP contribution is -2.45. The average Bonchev–Trinajstić information content (AvgIpc) is 2.83. The average molecular weight is 268 g/mol. The van der Waals surface area contributed by atoms with Crippen LogP contribution in [-0.4, -0.2) is 67.7 Å². The maximum absolute atomic E-state index is 6.08. The molecule has 2 fully saturated rings. The van der Waals surface area contributed by atoms with Crippen LogP contribution >= 0.6 is 0 Å². The molecule has 2 saturated heterocycles. The second-order valence-corrected chi connectivity index (χ2v) is 5.98. The molecule has 110 valence electrons. The van der Waals surface area contributed by atoms with Gasteiger partial charge in [0, 0.05) is 25.7 Å². The van der Waals surface area contributed by atoms with E-state index in [0.717, 1.165) is 38.8 Å². The third-order valence-electron chi connectivity index (χ3n) is 3.90. The summed E-state index contributed by atoms with van der Waals surface area (Å²) in [6, 6.07) is 0.585. The molecule has 19 heavy (non-hydrogen) atoms. The van der Waals surface area contributed by atoms with Crippen molar-refractivity contribution in [2.75, 3.05) is 45.9 Å². The molecule has 2 aliphatic rings. The molecule has 0 spiro atoms. The topological polar surface area (TPSA) is 54.1 Å². The fraction of sp³-hybridized carbons (Fsp3) is 0.929. The van der Waals surface area contributed by atoms with Crippen molar-refractivity contribution in [3.05, 3.63) is 0 Å². The molecule has 0 aliphatic carbocycles. The van der Waals surface area contributed by atoms with Crippen LogP contribution in [0.15, 0.2) is 4.99 Å². The molecule has 5 heteroatoms. The van der Waals surface area contributed by atoms with Gasteiger partial charge in [0.05, 0.1) is 19.8 Å². The van der Waals surface area contributed by atoms with Crippen LogP contribution in [0.5, 0.6) is 0 Å². The maximum Gasteiger partial charge on any atom is 0.191 e. The monoisotopic (exact) mass is 268 g/mol. The van der Waals surface area contributed by atoms with Crippen LogP contribution in [0.25, 0.3) is 0 Å². The van der Waals surface area contributed by atoms with Crippen molar-refractivity contribution in [1.29, 1.82) is 0 Å². The number of aliphatic imine (C=N–C) groups is 1. The Hall–Kier alpha value is -0.810. The van der Waals surface area contributed by atoms with Gasteiger partial charge in [-0.05, 0) is 25.3 Å². The first-order valence-electron chi connectivity index (χ1n) is 7.53. The second kappa shape index (κ2) is 7.10. The number of rotatable bonds is 4. The van der Waals surface area contributed by atoms with E-state index in [9.17, 15) is 0 Å². The molecule has 0 aromatic heterocycles. The fourth-order valence-electron chi connectivity index (χ4n) is 2.90. The summed E-state index contributed by atoms with van der Waals surface area (Å²) in [4.78, 5) is 9.31. The van der Waals surface area contributed by atoms with Crippen molar-refractivity contribution in [2.45, 2.75) is 32.7 Å². The van der Waals surface area contributed by atoms with Gasteiger partial charge in [-0.25, -0.2) is 0 Å². The Balaban J connectivity index is 1.82. The number of likely N-dealkylation sites (tertiary alicyclic amines) is 1. The lowest BCUT2D eigenvalue weighted by atomic mass is 10.2. The predicted octanol–water partition coefficient (Wildman–Crippen LogP) is 0.754. The number of nitrogens with two attached hydrogens (primary N) is 1. The zero-order valence-corrected chi connectivity index (χ0v) is 12.3. The summed E-state index contributed by atoms with van der Waals surface area (Å²) in [5.41, 5.74) is 6.08. The van der Waals surface area contributed by atoms with E-state index in [4.69, 9.17) is 10.5 Å². The second-order valence-electron chi connectivity index (χ2n) is 5.98. The molecule has 2 heterocycles. The molecule has 0 aromatic carbocycles. The Kier molecular flexibility index (Phi) is 5.45. The summed E-state index contributed by atoms with van der Waals surface area (Å²) >= 11 is 0. The SMILES string of the molecule is CC(C)CN1CCC[C@H]1CN=C(N)N1CCOCC1. The van der Waals surface area contributed by atoms with Crippen molar-refractivity contribution in [1.82, 2.24) is 9.80 Å². The highest BCUT2D eigenvalue weighted by Gasteiger charge is 2.24. The molecule has 5 nitrogen and oxygen atoms in total. The summed E-state index contributed by atoms with van der Waals surface area (Å²) in [6.45, 7) is 11.1. The van der Waals surface area contributed by atoms with Gasteiger partial charge in [-0.3, -0.25) is 9.89 Å². The zero-order chi connectivity index (χ0) is 13.7. The summed E-state index contributed by atoms with van der Waals surface area (Å²) in [6.07, 6.45) is 2.55. The van der Waals surface area contributed by atoms with Gasteiger partial charge in [0.1, 0.15) is 0 Å². The first-order chi connectivity index (χ1) is 9.16. The van der Waals surface area contributed by atoms with Crippen molar-refractivity contribution in [3.8, 4) is 0 Å². The number of hydrogen-bond acceptors (Lipinski definition) is 3. The number of nitrogens with zero attached hydrogens (tertiary/aromatic N) is 3. The Bertz CT molecular complexity index is 300. The Labute approximate surface area is 116 Å². The van der Waals surface area contributed by atoms with E-state index in [0.29, 0.717) is 12.0 Å². The molecule has 0 amide bonds. The summed E-state index contributed by atoms with van der Waals surface area (Å²) in [5, 5.41) is 0. The third-order valence-corrected chi connectivity index (χ3v) is 3.90. The summed E-state index contributed by atoms with van der Waals surface area (Å²) < 4.78 is 5.33. The van der Waals surface area contributed by atoms with Gasteiger partial charge in [0.25, 0.3) is 0 Å². The fourth-order valence-corrected chi connectivity index (χ4v) is 2.90. The summed E-state index contributed by atoms with van der Waals surface area (Å²) in [5.74, 6) is 1.42. The van der Waals surface area contributed by atoms with Crippen LogP contribution in [0, 0.1) is 5.92 Å². The normalized spacial score (nSPS) is 26.4. The first-order valence-corrected chi connectivity index (χ1v) is 7.53. The van der Waals surface area contributed by atoms with E-state index < -0.39 is 0 Å². The Morgan fingerprint density at radius 1 is 1.32 bits per heavy atom. The Morgan fingerprint density at radius 3 is 2.74 bits per heavy atom. The minimum Gasteiger partial charge on any atom is -0.378 e. The third kappa shape index (κ3) is 4.35. The van der Waals surface area contributed by atoms with Crippen molar-refractivity contribution in [3.63, 3.8) is 0 Å². The molecule has 0 radical (unpaired) electrons. The number of ether oxygens (including phenoxy) is 1. The zero-order valence-electron chi connectivity index (χ0n) is 12.3. The van der Waals surface area contributed by atoms with Gasteiger partial charge in [-0.15, -0.1) is 0 Å². The molecule has 1 atom stereocenters. The van der Waals surface area contributed by atoms with Gasteiger partial charge in [0.2, 0.25) is 0 Å². The molecular weight excluding hydrogens is 240 g/mol. The largest absolute Gasteiger partial charge is 0.378 e. The van der Waals surface area contributed by atoms with Crippen LogP contribution in [-0.2, 0) is 4.74 Å². The van der Waals surface area contributed by atoms with Crippen molar-refractivity contribution in [2.24, 2.45) is 16.6 Å². The maximum atomic E-state index is 6.08. The minimum atomic E-state index is 0.585. The van der Waals surface area contributed by atoms with Gasteiger partial charge in [-0.2, -0.15) is 0 Å². The van der Waals surface area contributed by atoms with Gasteiger partial charge < -0.3 is 15.4 Å². The van der Waals surface area contributed by atoms with Gasteiger partial charge in [0.15, 0.2) is 5.96 Å². The molecule has 0 aromatic rings. The van der Waals surface area contributed by atoms with E-state index in [2.05, 4.69) is 28.6 Å². The molecule has 0 bridgehead atoms. The quantitative estimate of drug-likeness (QED) is 0.604. The predicted molar refractivity (Wildman–Crippen MR) is 78.3 cm³/mol. The molecule has 2 N–H and O–H groups in total. The summed E-state index contributed by atoms with van der Waals surface area (Å²) in [7, 11) is 0. The van der Waals surface area contributed by atoms with Crippen LogP contribution in [0.2, 0.25) is 0 Å². The number of morpholine rings is 1. The van der Waals surface area contributed by atoms with E-state index in [1.165, 1.54) is 25.9 Å². The standard InChI is InChI=1S/C14H28N4O/c1-12(2)11-18-5-3-4-13(18)10-16-14(15)17-6-8-19-9-7-17/h12-13H,3-11H2,1-2H3,(H2,15,16)/t13-/m0/s1. The highest BCUT2D eigenvalue weighted by Crippen LogP contribution is 2.18. The molecule has 2 aliphatic heterocycles. The van der Waals surface area contributed by atoms with Crippen LogP contribution in [0.3, 0.4) is 0 Å². The van der Waals surface area contributed by atoms with Gasteiger partial charge in [-0.1, -0.05) is 13.8 Å². The van der Waals surface area contributed by atoms with Gasteiger partial charge >= 0.3 is 0 Å². The Morgan fingerprint density at radius 2 is 2.05 bits per heavy atom. The molecule has 2 rings (SSSR count). The first kappa shape index (κ1) is 14.6. The highest BCUT2D eigenvalue weighted by atomic mass is 16.5. The molecule has 0 unspecified atom stereocenters. The lowest BCUT2D eigenvalue weighted by molar-refractivity contribution is 0.0673. The van der Waals surface area contributed by atoms with E-state index in [1.807, 2.05) is 0 Å². The van der Waals surface area contributed by atoms with Crippen molar-refractivity contribution < 1.29 is 4.74 Å². The molecular formula is C14H28N4O. The number of guanidine groups is 1.